The van der Waals surface area contributed by atoms with Gasteiger partial charge in [-0.15, -0.1) is 0 Å². The average Bonchev–Trinajstić information content (AvgIpc) is 2.17. The van der Waals surface area contributed by atoms with E-state index in [1.54, 1.807) is 30.3 Å². The highest BCUT2D eigenvalue weighted by Crippen LogP contribution is 2.10. The van der Waals surface area contributed by atoms with Crippen LogP contribution in [0.2, 0.25) is 0 Å². The minimum atomic E-state index is -1.38. The zero-order chi connectivity index (χ0) is 8.97. The van der Waals surface area contributed by atoms with Gasteiger partial charge in [0.05, 0.1) is 10.8 Å². The fourth-order valence-electron chi connectivity index (χ4n) is 0.728. The predicted octanol–water partition coefficient (Wildman–Crippen LogP) is 1.83. The summed E-state index contributed by atoms with van der Waals surface area (Å²) in [6, 6.07) is 10.6. The molecular formula is C9H7NOS. The number of hydrogen-bond acceptors (Lipinski definition) is 2. The molecule has 12 heavy (non-hydrogen) atoms. The summed E-state index contributed by atoms with van der Waals surface area (Å²) in [6.07, 6.45) is 0. The van der Waals surface area contributed by atoms with E-state index in [0.717, 1.165) is 0 Å². The number of hydrogen-bond donors (Lipinski definition) is 0. The molecule has 0 N–H and O–H groups in total. The monoisotopic (exact) mass is 177 g/mol. The van der Waals surface area contributed by atoms with Crippen LogP contribution in [-0.4, -0.2) is 4.21 Å². The van der Waals surface area contributed by atoms with Crippen LogP contribution in [0.4, 0.5) is 0 Å². The summed E-state index contributed by atoms with van der Waals surface area (Å²) in [5.41, 5.74) is 0. The van der Waals surface area contributed by atoms with Crippen molar-refractivity contribution in [2.75, 3.05) is 0 Å². The molecule has 1 rings (SSSR count). The molecule has 60 valence electrons. The van der Waals surface area contributed by atoms with Crippen molar-refractivity contribution in [3.8, 4) is 6.07 Å². The highest BCUT2D eigenvalue weighted by Gasteiger charge is 2.05. The first kappa shape index (κ1) is 8.69. The maximum atomic E-state index is 11.4. The fraction of sp³-hybridized carbons (Fsp3) is 0. The highest BCUT2D eigenvalue weighted by atomic mass is 32.2. The standard InChI is InChI=1S/C9H7NOS/c1-8(7-10)12(11)9-5-3-2-4-6-9/h2-6H,1H2. The molecule has 1 atom stereocenters. The van der Waals surface area contributed by atoms with Gasteiger partial charge in [0, 0.05) is 4.90 Å². The first-order valence-electron chi connectivity index (χ1n) is 3.31. The summed E-state index contributed by atoms with van der Waals surface area (Å²) in [4.78, 5) is 0.699. The molecule has 0 heterocycles. The van der Waals surface area contributed by atoms with Gasteiger partial charge in [0.2, 0.25) is 0 Å². The van der Waals surface area contributed by atoms with E-state index in [4.69, 9.17) is 5.26 Å². The molecule has 0 amide bonds. The highest BCUT2D eigenvalue weighted by molar-refractivity contribution is 7.89. The van der Waals surface area contributed by atoms with E-state index in [1.807, 2.05) is 6.07 Å². The first-order chi connectivity index (χ1) is 5.75. The van der Waals surface area contributed by atoms with Gasteiger partial charge < -0.3 is 0 Å². The van der Waals surface area contributed by atoms with Crippen LogP contribution in [-0.2, 0) is 10.8 Å². The summed E-state index contributed by atoms with van der Waals surface area (Å²) >= 11 is 0. The van der Waals surface area contributed by atoms with E-state index < -0.39 is 10.8 Å². The Morgan fingerprint density at radius 1 is 1.42 bits per heavy atom. The number of nitriles is 1. The molecule has 0 radical (unpaired) electrons. The minimum absolute atomic E-state index is 0.0844. The van der Waals surface area contributed by atoms with E-state index in [2.05, 4.69) is 6.58 Å². The minimum Gasteiger partial charge on any atom is -0.248 e. The number of nitrogens with zero attached hydrogens (tertiary/aromatic N) is 1. The molecule has 0 aliphatic rings. The summed E-state index contributed by atoms with van der Waals surface area (Å²) < 4.78 is 11.4. The molecule has 0 aromatic heterocycles. The van der Waals surface area contributed by atoms with Gasteiger partial charge in [-0.2, -0.15) is 5.26 Å². The summed E-state index contributed by atoms with van der Waals surface area (Å²) in [7, 11) is -1.38. The lowest BCUT2D eigenvalue weighted by molar-refractivity contribution is 0.687. The molecule has 3 heteroatoms. The SMILES string of the molecule is C=C(C#N)S(=O)c1ccccc1. The van der Waals surface area contributed by atoms with Gasteiger partial charge in [-0.25, -0.2) is 4.21 Å². The normalized spacial score (nSPS) is 11.6. The fourth-order valence-corrected chi connectivity index (χ4v) is 1.50. The van der Waals surface area contributed by atoms with Crippen LogP contribution in [0.3, 0.4) is 0 Å². The largest absolute Gasteiger partial charge is 0.248 e. The lowest BCUT2D eigenvalue weighted by Gasteiger charge is -1.96. The van der Waals surface area contributed by atoms with E-state index in [1.165, 1.54) is 0 Å². The van der Waals surface area contributed by atoms with Crippen molar-refractivity contribution in [3.63, 3.8) is 0 Å². The van der Waals surface area contributed by atoms with Crippen molar-refractivity contribution in [2.45, 2.75) is 4.90 Å². The number of benzene rings is 1. The molecule has 2 nitrogen and oxygen atoms in total. The first-order valence-corrected chi connectivity index (χ1v) is 4.46. The van der Waals surface area contributed by atoms with Gasteiger partial charge in [0.15, 0.2) is 0 Å². The number of rotatable bonds is 2. The van der Waals surface area contributed by atoms with Gasteiger partial charge in [0.25, 0.3) is 0 Å². The van der Waals surface area contributed by atoms with Crippen LogP contribution >= 0.6 is 0 Å². The van der Waals surface area contributed by atoms with Crippen LogP contribution in [0.25, 0.3) is 0 Å². The number of allylic oxidation sites excluding steroid dienone is 1. The molecule has 0 aliphatic carbocycles. The Hall–Kier alpha value is -1.40. The Bertz CT molecular complexity index is 351. The van der Waals surface area contributed by atoms with Gasteiger partial charge in [-0.05, 0) is 12.1 Å². The van der Waals surface area contributed by atoms with Crippen LogP contribution < -0.4 is 0 Å². The topological polar surface area (TPSA) is 40.9 Å². The van der Waals surface area contributed by atoms with Crippen molar-refractivity contribution in [1.29, 1.82) is 5.26 Å². The third-order valence-electron chi connectivity index (χ3n) is 1.31. The van der Waals surface area contributed by atoms with Crippen molar-refractivity contribution in [1.82, 2.24) is 0 Å². The third kappa shape index (κ3) is 1.80. The Balaban J connectivity index is 2.96. The Labute approximate surface area is 73.6 Å². The molecule has 1 unspecified atom stereocenters. The molecule has 0 saturated heterocycles. The van der Waals surface area contributed by atoms with E-state index >= 15 is 0 Å². The molecule has 0 fully saturated rings. The molecule has 1 aromatic carbocycles. The van der Waals surface area contributed by atoms with Crippen molar-refractivity contribution >= 4 is 10.8 Å². The van der Waals surface area contributed by atoms with Crippen molar-refractivity contribution < 1.29 is 4.21 Å². The second-order valence-electron chi connectivity index (χ2n) is 2.12. The Morgan fingerprint density at radius 2 is 2.00 bits per heavy atom. The van der Waals surface area contributed by atoms with E-state index in [0.29, 0.717) is 4.90 Å². The van der Waals surface area contributed by atoms with Crippen LogP contribution in [0.1, 0.15) is 0 Å². The molecule has 0 spiro atoms. The van der Waals surface area contributed by atoms with Crippen LogP contribution in [0.5, 0.6) is 0 Å². The van der Waals surface area contributed by atoms with Gasteiger partial charge in [-0.1, -0.05) is 24.8 Å². The van der Waals surface area contributed by atoms with Crippen LogP contribution in [0.15, 0.2) is 46.7 Å². The molecule has 0 bridgehead atoms. The maximum Gasteiger partial charge on any atom is 0.114 e. The lowest BCUT2D eigenvalue weighted by atomic mass is 10.4. The summed E-state index contributed by atoms with van der Waals surface area (Å²) in [6.45, 7) is 3.39. The molecule has 0 aliphatic heterocycles. The van der Waals surface area contributed by atoms with Crippen LogP contribution in [0, 0.1) is 11.3 Å². The zero-order valence-corrected chi connectivity index (χ0v) is 7.17. The Morgan fingerprint density at radius 3 is 2.50 bits per heavy atom. The smallest absolute Gasteiger partial charge is 0.114 e. The average molecular weight is 177 g/mol. The third-order valence-corrected chi connectivity index (χ3v) is 2.54. The quantitative estimate of drug-likeness (QED) is 0.646. The molecule has 0 saturated carbocycles. The van der Waals surface area contributed by atoms with Crippen molar-refractivity contribution in [2.24, 2.45) is 0 Å². The Kier molecular flexibility index (Phi) is 2.78. The molecule has 1 aromatic rings. The maximum absolute atomic E-state index is 11.4. The second-order valence-corrected chi connectivity index (χ2v) is 3.62. The van der Waals surface area contributed by atoms with E-state index in [9.17, 15) is 4.21 Å². The predicted molar refractivity (Wildman–Crippen MR) is 47.6 cm³/mol. The van der Waals surface area contributed by atoms with E-state index in [-0.39, 0.29) is 4.91 Å². The summed E-state index contributed by atoms with van der Waals surface area (Å²) in [5.74, 6) is 0. The van der Waals surface area contributed by atoms with Gasteiger partial charge >= 0.3 is 0 Å². The van der Waals surface area contributed by atoms with Gasteiger partial charge in [0.1, 0.15) is 11.0 Å². The zero-order valence-electron chi connectivity index (χ0n) is 6.36. The lowest BCUT2D eigenvalue weighted by Crippen LogP contribution is -1.91. The van der Waals surface area contributed by atoms with Crippen molar-refractivity contribution in [3.05, 3.63) is 41.8 Å². The van der Waals surface area contributed by atoms with Gasteiger partial charge in [-0.3, -0.25) is 0 Å². The molecular weight excluding hydrogens is 170 g/mol. The second kappa shape index (κ2) is 3.84. The summed E-state index contributed by atoms with van der Waals surface area (Å²) in [5, 5.41) is 8.42.